The molecule has 1 atom stereocenters. The van der Waals surface area contributed by atoms with Crippen LogP contribution in [0.15, 0.2) is 84.0 Å². The van der Waals surface area contributed by atoms with Gasteiger partial charge in [0.15, 0.2) is 5.16 Å². The number of ether oxygens (including phenoxy) is 2. The van der Waals surface area contributed by atoms with E-state index >= 15 is 8.78 Å². The molecule has 0 bridgehead atoms. The van der Waals surface area contributed by atoms with E-state index in [1.165, 1.54) is 42.1 Å². The molecule has 5 aromatic rings. The summed E-state index contributed by atoms with van der Waals surface area (Å²) in [5.74, 6) is -1.33. The molecule has 0 spiro atoms. The van der Waals surface area contributed by atoms with Crippen molar-refractivity contribution in [3.8, 4) is 17.2 Å². The first-order chi connectivity index (χ1) is 21.7. The number of halogens is 4. The number of aromatic nitrogens is 2. The van der Waals surface area contributed by atoms with Crippen LogP contribution in [0.5, 0.6) is 11.5 Å². The monoisotopic (exact) mass is 632 g/mol. The molecule has 4 aromatic carbocycles. The molecule has 0 aliphatic heterocycles. The molecule has 1 heterocycles. The minimum atomic E-state index is -0.719. The zero-order valence-electron chi connectivity index (χ0n) is 25.2. The van der Waals surface area contributed by atoms with Crippen molar-refractivity contribution >= 4 is 11.8 Å². The van der Waals surface area contributed by atoms with Gasteiger partial charge in [-0.15, -0.1) is 0 Å². The lowest BCUT2D eigenvalue weighted by molar-refractivity contribution is 0.302. The number of methoxy groups -OCH3 is 1. The number of hydrogen-bond acceptors (Lipinski definition) is 4. The molecule has 0 saturated carbocycles. The lowest BCUT2D eigenvalue weighted by Gasteiger charge is -2.36. The molecule has 0 N–H and O–H groups in total. The highest BCUT2D eigenvalue weighted by Gasteiger charge is 2.39. The van der Waals surface area contributed by atoms with Crippen molar-refractivity contribution in [2.75, 3.05) is 7.11 Å². The van der Waals surface area contributed by atoms with E-state index in [2.05, 4.69) is 6.92 Å². The van der Waals surface area contributed by atoms with Crippen molar-refractivity contribution in [3.63, 3.8) is 0 Å². The lowest BCUT2D eigenvalue weighted by atomic mass is 9.71. The Morgan fingerprint density at radius 1 is 0.867 bits per heavy atom. The van der Waals surface area contributed by atoms with Crippen molar-refractivity contribution in [1.29, 1.82) is 0 Å². The van der Waals surface area contributed by atoms with Crippen LogP contribution in [0.3, 0.4) is 0 Å². The summed E-state index contributed by atoms with van der Waals surface area (Å²) in [6, 6.07) is 20.8. The van der Waals surface area contributed by atoms with E-state index in [9.17, 15) is 8.78 Å². The first-order valence-electron chi connectivity index (χ1n) is 14.7. The summed E-state index contributed by atoms with van der Waals surface area (Å²) in [7, 11) is 1.58. The topological polar surface area (TPSA) is 36.3 Å². The third kappa shape index (κ3) is 6.18. The average molecular weight is 633 g/mol. The fourth-order valence-electron chi connectivity index (χ4n) is 5.93. The third-order valence-electron chi connectivity index (χ3n) is 8.44. The molecular weight excluding hydrogens is 600 g/mol. The summed E-state index contributed by atoms with van der Waals surface area (Å²) in [6.45, 7) is 3.99. The van der Waals surface area contributed by atoms with Gasteiger partial charge < -0.3 is 9.47 Å². The average Bonchev–Trinajstić information content (AvgIpc) is 3.41. The quantitative estimate of drug-likeness (QED) is 0.120. The number of nitrogens with zero attached hydrogens (tertiary/aromatic N) is 2. The highest BCUT2D eigenvalue weighted by molar-refractivity contribution is 7.98. The van der Waals surface area contributed by atoms with Gasteiger partial charge in [-0.25, -0.2) is 22.5 Å². The summed E-state index contributed by atoms with van der Waals surface area (Å²) in [6.07, 6.45) is 2.38. The fraction of sp³-hybridized carbons (Fsp3) is 0.250. The van der Waals surface area contributed by atoms with Crippen LogP contribution in [0.1, 0.15) is 53.4 Å². The summed E-state index contributed by atoms with van der Waals surface area (Å²) in [4.78, 5) is 4.96. The molecule has 9 heteroatoms. The molecule has 1 unspecified atom stereocenters. The van der Waals surface area contributed by atoms with E-state index in [-0.39, 0.29) is 35.3 Å². The van der Waals surface area contributed by atoms with Crippen LogP contribution in [-0.4, -0.2) is 16.7 Å². The molecule has 0 radical (unpaired) electrons. The molecule has 6 rings (SSSR count). The van der Waals surface area contributed by atoms with Gasteiger partial charge in [0.2, 0.25) is 0 Å². The van der Waals surface area contributed by atoms with Gasteiger partial charge in [-0.1, -0.05) is 36.0 Å². The Bertz CT molecular complexity index is 1820. The zero-order chi connectivity index (χ0) is 31.7. The van der Waals surface area contributed by atoms with Crippen molar-refractivity contribution in [1.82, 2.24) is 9.55 Å². The standard InChI is InChI=1S/C36H32F4N2O2S/c1-22-17-24(8-15-30(22)38)36(2)16-4-5-33-34(36)42(26-11-9-25(37)10-12-26)35(41-33)45-21-29-31(39)18-28(19-32(29)40)44-20-23-6-13-27(43-3)14-7-23/h6-15,17-19H,4-5,16,20-21H2,1-3H3. The van der Waals surface area contributed by atoms with E-state index in [4.69, 9.17) is 14.5 Å². The number of thioether (sulfide) groups is 1. The zero-order valence-corrected chi connectivity index (χ0v) is 26.0. The van der Waals surface area contributed by atoms with Crippen LogP contribution in [0.25, 0.3) is 5.69 Å². The van der Waals surface area contributed by atoms with Gasteiger partial charge in [0.1, 0.15) is 41.4 Å². The second-order valence-electron chi connectivity index (χ2n) is 11.4. The van der Waals surface area contributed by atoms with Gasteiger partial charge in [-0.2, -0.15) is 0 Å². The van der Waals surface area contributed by atoms with Crippen molar-refractivity contribution in [2.45, 2.75) is 56.0 Å². The molecule has 1 aliphatic rings. The molecule has 1 aromatic heterocycles. The van der Waals surface area contributed by atoms with Gasteiger partial charge in [-0.05, 0) is 92.3 Å². The maximum absolute atomic E-state index is 15.3. The number of aryl methyl sites for hydroxylation is 2. The van der Waals surface area contributed by atoms with Crippen LogP contribution >= 0.6 is 11.8 Å². The number of benzene rings is 4. The Morgan fingerprint density at radius 3 is 2.24 bits per heavy atom. The van der Waals surface area contributed by atoms with Crippen LogP contribution < -0.4 is 9.47 Å². The Hall–Kier alpha value is -4.24. The summed E-state index contributed by atoms with van der Waals surface area (Å²) < 4.78 is 71.6. The van der Waals surface area contributed by atoms with E-state index in [0.29, 0.717) is 22.2 Å². The third-order valence-corrected chi connectivity index (χ3v) is 9.40. The van der Waals surface area contributed by atoms with Crippen LogP contribution in [0.4, 0.5) is 17.6 Å². The molecule has 0 amide bonds. The molecule has 45 heavy (non-hydrogen) atoms. The van der Waals surface area contributed by atoms with E-state index in [1.807, 2.05) is 22.8 Å². The minimum Gasteiger partial charge on any atom is -0.497 e. The van der Waals surface area contributed by atoms with Gasteiger partial charge in [0.05, 0.1) is 18.5 Å². The highest BCUT2D eigenvalue weighted by Crippen LogP contribution is 2.46. The first kappa shape index (κ1) is 30.8. The molecule has 1 aliphatic carbocycles. The van der Waals surface area contributed by atoms with E-state index in [1.54, 1.807) is 44.4 Å². The van der Waals surface area contributed by atoms with Crippen molar-refractivity contribution < 1.29 is 27.0 Å². The number of imidazole rings is 1. The maximum Gasteiger partial charge on any atom is 0.173 e. The number of hydrogen-bond donors (Lipinski definition) is 0. The summed E-state index contributed by atoms with van der Waals surface area (Å²) in [5.41, 5.74) is 4.16. The smallest absolute Gasteiger partial charge is 0.173 e. The number of fused-ring (bicyclic) bond motifs is 1. The Balaban J connectivity index is 1.31. The Morgan fingerprint density at radius 2 is 1.58 bits per heavy atom. The Kier molecular flexibility index (Phi) is 8.64. The Labute approximate surface area is 264 Å². The molecule has 0 saturated heterocycles. The van der Waals surface area contributed by atoms with Crippen LogP contribution in [-0.2, 0) is 24.2 Å². The summed E-state index contributed by atoms with van der Waals surface area (Å²) in [5, 5.41) is 0.539. The SMILES string of the molecule is COc1ccc(COc2cc(F)c(CSc3nc4c(n3-c3ccc(F)cc3)C(C)(c3ccc(F)c(C)c3)CCC4)c(F)c2)cc1. The molecule has 0 fully saturated rings. The van der Waals surface area contributed by atoms with Gasteiger partial charge in [0.25, 0.3) is 0 Å². The van der Waals surface area contributed by atoms with Gasteiger partial charge >= 0.3 is 0 Å². The highest BCUT2D eigenvalue weighted by atomic mass is 32.2. The summed E-state index contributed by atoms with van der Waals surface area (Å²) >= 11 is 1.21. The maximum atomic E-state index is 15.3. The molecule has 4 nitrogen and oxygen atoms in total. The lowest BCUT2D eigenvalue weighted by Crippen LogP contribution is -2.31. The molecular formula is C36H32F4N2O2S. The fourth-order valence-corrected chi connectivity index (χ4v) is 6.98. The van der Waals surface area contributed by atoms with E-state index in [0.717, 1.165) is 41.8 Å². The van der Waals surface area contributed by atoms with Gasteiger partial charge in [-0.3, -0.25) is 4.57 Å². The van der Waals surface area contributed by atoms with Crippen molar-refractivity contribution in [2.24, 2.45) is 0 Å². The normalized spacial score (nSPS) is 16.0. The second kappa shape index (κ2) is 12.6. The molecule has 232 valence electrons. The van der Waals surface area contributed by atoms with E-state index < -0.39 is 17.0 Å². The predicted molar refractivity (Wildman–Crippen MR) is 167 cm³/mol. The largest absolute Gasteiger partial charge is 0.497 e. The predicted octanol–water partition coefficient (Wildman–Crippen LogP) is 9.26. The number of rotatable bonds is 9. The van der Waals surface area contributed by atoms with Crippen LogP contribution in [0, 0.1) is 30.2 Å². The van der Waals surface area contributed by atoms with Crippen LogP contribution in [0.2, 0.25) is 0 Å². The second-order valence-corrected chi connectivity index (χ2v) is 12.4. The first-order valence-corrected chi connectivity index (χ1v) is 15.7. The van der Waals surface area contributed by atoms with Gasteiger partial charge in [0, 0.05) is 34.6 Å². The minimum absolute atomic E-state index is 0.0279. The van der Waals surface area contributed by atoms with Crippen molar-refractivity contribution in [3.05, 3.63) is 136 Å².